The topological polar surface area (TPSA) is 296 Å². The minimum atomic E-state index is -5.39. The van der Waals surface area contributed by atoms with Crippen molar-refractivity contribution in [1.29, 1.82) is 0 Å². The van der Waals surface area contributed by atoms with Gasteiger partial charge in [0.1, 0.15) is 43.2 Å². The molecule has 0 spiro atoms. The molecule has 0 saturated heterocycles. The van der Waals surface area contributed by atoms with E-state index < -0.39 is 95.7 Å². The van der Waals surface area contributed by atoms with Crippen molar-refractivity contribution in [3.63, 3.8) is 0 Å². The lowest BCUT2D eigenvalue weighted by atomic mass is 9.85. The van der Waals surface area contributed by atoms with Crippen LogP contribution in [0.2, 0.25) is 0 Å². The molecule has 0 radical (unpaired) electrons. The molecule has 70 heavy (non-hydrogen) atoms. The fourth-order valence-corrected chi connectivity index (χ4v) is 9.18. The van der Waals surface area contributed by atoms with Crippen molar-refractivity contribution in [2.45, 2.75) is 242 Å². The monoisotopic (exact) mass is 1040 g/mol. The number of rotatable bonds is 43. The van der Waals surface area contributed by atoms with Crippen molar-refractivity contribution in [3.8, 4) is 0 Å². The zero-order chi connectivity index (χ0) is 52.0. The highest BCUT2D eigenvalue weighted by molar-refractivity contribution is 7.47. The third-order valence-corrected chi connectivity index (χ3v) is 13.3. The van der Waals surface area contributed by atoms with Crippen LogP contribution in [-0.4, -0.2) is 125 Å². The first-order chi connectivity index (χ1) is 33.4. The molecule has 0 aromatic carbocycles. The van der Waals surface area contributed by atoms with Crippen molar-refractivity contribution >= 4 is 27.6 Å². The number of unbranched alkanes of at least 4 members (excludes halogenated alkanes) is 17. The molecule has 5 unspecified atom stereocenters. The summed E-state index contributed by atoms with van der Waals surface area (Å²) in [6.45, 7) is 2.91. The summed E-state index contributed by atoms with van der Waals surface area (Å²) in [7, 11) is -10.7. The van der Waals surface area contributed by atoms with Gasteiger partial charge in [0, 0.05) is 12.8 Å². The molecule has 20 heteroatoms. The molecular formula is C50H90O18P2. The van der Waals surface area contributed by atoms with Gasteiger partial charge in [-0.1, -0.05) is 146 Å². The standard InChI is InChI=1S/C50H90O18P2/c1-3-5-7-9-11-12-13-14-15-16-17-18-19-20-21-22-23-24-28-33-37-44(54)66-40(39-65-70(62,63)68-50-47(57)45(55)46(56)49(48(50)58)67-69(59,60)61)38-64-43(53)36-32-29-25-27-31-35-42(52)41(51)34-30-26-10-8-6-4-2/h12-13,15-16,18-19,26,30,40-42,45-52,55-58H,3-11,14,17,20-25,27-29,31-39H2,1-2H3,(H,62,63)(H2,59,60,61)/b13-12-,16-15-,19-18-,30-26-/t40-,41-,42-,45?,46?,47?,48?,49-,50+/m1/s1. The van der Waals surface area contributed by atoms with Crippen LogP contribution in [0.5, 0.6) is 0 Å². The fraction of sp³-hybridized carbons (Fsp3) is 0.800. The smallest absolute Gasteiger partial charge is 0.462 e. The SMILES string of the molecule is CCCCC/C=C\C[C@@H](O)[C@H](O)CCCCCCCC(=O)OC[C@H](COP(=O)(O)O[C@H]1C(O)C(O)C(O)[C@@H](OP(=O)(O)O)C1O)OC(=O)CCCCCCCC/C=C\C/C=C\C/C=C\CCCCCC. The second kappa shape index (κ2) is 40.3. The molecule has 0 aliphatic heterocycles. The van der Waals surface area contributed by atoms with E-state index >= 15 is 0 Å². The number of aliphatic hydroxyl groups is 6. The highest BCUT2D eigenvalue weighted by atomic mass is 31.2. The van der Waals surface area contributed by atoms with Crippen molar-refractivity contribution in [1.82, 2.24) is 0 Å². The number of aliphatic hydroxyl groups excluding tert-OH is 6. The number of hydrogen-bond acceptors (Lipinski definition) is 15. The normalized spacial score (nSPS) is 22.3. The van der Waals surface area contributed by atoms with Crippen LogP contribution in [0.15, 0.2) is 48.6 Å². The third-order valence-electron chi connectivity index (χ3n) is 11.8. The van der Waals surface area contributed by atoms with E-state index in [2.05, 4.69) is 54.8 Å². The number of esters is 2. The summed E-state index contributed by atoms with van der Waals surface area (Å²) in [5.41, 5.74) is 0. The Bertz CT molecular complexity index is 1570. The van der Waals surface area contributed by atoms with E-state index in [-0.39, 0.29) is 12.8 Å². The Kier molecular flexibility index (Phi) is 37.9. The zero-order valence-corrected chi connectivity index (χ0v) is 43.7. The summed E-state index contributed by atoms with van der Waals surface area (Å²) in [5.74, 6) is -1.33. The first kappa shape index (κ1) is 65.9. The van der Waals surface area contributed by atoms with Crippen molar-refractivity contribution in [2.75, 3.05) is 13.2 Å². The van der Waals surface area contributed by atoms with E-state index in [0.717, 1.165) is 96.3 Å². The molecule has 10 atom stereocenters. The molecule has 18 nitrogen and oxygen atoms in total. The summed E-state index contributed by atoms with van der Waals surface area (Å²) in [6, 6.07) is 0. The van der Waals surface area contributed by atoms with Crippen LogP contribution in [0, 0.1) is 0 Å². The quantitative estimate of drug-likeness (QED) is 0.0120. The number of carbonyl (C=O) groups is 2. The lowest BCUT2D eigenvalue weighted by Gasteiger charge is -2.43. The second-order valence-corrected chi connectivity index (χ2v) is 20.8. The summed E-state index contributed by atoms with van der Waals surface area (Å²) in [4.78, 5) is 54.4. The number of carbonyl (C=O) groups excluding carboxylic acids is 2. The van der Waals surface area contributed by atoms with Gasteiger partial charge in [-0.05, 0) is 77.0 Å². The fourth-order valence-electron chi connectivity index (χ4n) is 7.64. The molecule has 0 aromatic rings. The van der Waals surface area contributed by atoms with Crippen LogP contribution in [0.4, 0.5) is 0 Å². The van der Waals surface area contributed by atoms with Gasteiger partial charge in [-0.25, -0.2) is 9.13 Å². The summed E-state index contributed by atoms with van der Waals surface area (Å²) < 4.78 is 49.4. The summed E-state index contributed by atoms with van der Waals surface area (Å²) in [6.07, 6.45) is 23.5. The summed E-state index contributed by atoms with van der Waals surface area (Å²) in [5, 5.41) is 61.8. The minimum absolute atomic E-state index is 0.00344. The number of hydrogen-bond donors (Lipinski definition) is 9. The van der Waals surface area contributed by atoms with E-state index in [4.69, 9.17) is 18.5 Å². The Morgan fingerprint density at radius 1 is 0.514 bits per heavy atom. The van der Waals surface area contributed by atoms with Gasteiger partial charge < -0.3 is 54.8 Å². The van der Waals surface area contributed by atoms with Crippen LogP contribution >= 0.6 is 15.6 Å². The molecule has 408 valence electrons. The number of phosphoric acid groups is 2. The first-order valence-corrected chi connectivity index (χ1v) is 28.9. The first-order valence-electron chi connectivity index (χ1n) is 25.8. The lowest BCUT2D eigenvalue weighted by molar-refractivity contribution is -0.216. The maximum absolute atomic E-state index is 13.0. The van der Waals surface area contributed by atoms with E-state index in [1.807, 2.05) is 12.2 Å². The van der Waals surface area contributed by atoms with E-state index in [9.17, 15) is 64.0 Å². The van der Waals surface area contributed by atoms with Gasteiger partial charge in [0.25, 0.3) is 0 Å². The average molecular weight is 1040 g/mol. The highest BCUT2D eigenvalue weighted by Crippen LogP contribution is 2.49. The van der Waals surface area contributed by atoms with Crippen molar-refractivity contribution < 1.29 is 87.1 Å². The molecule has 1 rings (SSSR count). The van der Waals surface area contributed by atoms with Crippen LogP contribution < -0.4 is 0 Å². The van der Waals surface area contributed by atoms with Gasteiger partial charge in [-0.3, -0.25) is 23.2 Å². The predicted molar refractivity (Wildman–Crippen MR) is 267 cm³/mol. The maximum Gasteiger partial charge on any atom is 0.472 e. The van der Waals surface area contributed by atoms with Crippen LogP contribution in [0.3, 0.4) is 0 Å². The van der Waals surface area contributed by atoms with Crippen LogP contribution in [0.1, 0.15) is 187 Å². The molecule has 0 aromatic heterocycles. The molecule has 1 fully saturated rings. The number of ether oxygens (including phenoxy) is 2. The van der Waals surface area contributed by atoms with Crippen molar-refractivity contribution in [2.24, 2.45) is 0 Å². The molecular weight excluding hydrogens is 950 g/mol. The van der Waals surface area contributed by atoms with Crippen LogP contribution in [0.25, 0.3) is 0 Å². The second-order valence-electron chi connectivity index (χ2n) is 18.2. The zero-order valence-electron chi connectivity index (χ0n) is 41.9. The van der Waals surface area contributed by atoms with Gasteiger partial charge in [-0.15, -0.1) is 0 Å². The number of phosphoric ester groups is 2. The molecule has 1 aliphatic rings. The highest BCUT2D eigenvalue weighted by Gasteiger charge is 2.54. The van der Waals surface area contributed by atoms with Gasteiger partial charge in [-0.2, -0.15) is 0 Å². The Morgan fingerprint density at radius 3 is 1.54 bits per heavy atom. The van der Waals surface area contributed by atoms with E-state index in [1.54, 1.807) is 0 Å². The molecule has 9 N–H and O–H groups in total. The third kappa shape index (κ3) is 33.6. The molecule has 0 bridgehead atoms. The Labute approximate surface area is 417 Å². The maximum atomic E-state index is 13.0. The molecule has 0 amide bonds. The van der Waals surface area contributed by atoms with Gasteiger partial charge in [0.2, 0.25) is 0 Å². The molecule has 1 saturated carbocycles. The Hall–Kier alpha value is -2.12. The van der Waals surface area contributed by atoms with Crippen molar-refractivity contribution in [3.05, 3.63) is 48.6 Å². The lowest BCUT2D eigenvalue weighted by Crippen LogP contribution is -2.64. The van der Waals surface area contributed by atoms with Gasteiger partial charge in [0.15, 0.2) is 6.10 Å². The average Bonchev–Trinajstić information content (AvgIpc) is 3.31. The summed E-state index contributed by atoms with van der Waals surface area (Å²) >= 11 is 0. The predicted octanol–water partition coefficient (Wildman–Crippen LogP) is 8.40. The number of allylic oxidation sites excluding steroid dienone is 7. The van der Waals surface area contributed by atoms with Gasteiger partial charge in [0.05, 0.1) is 18.8 Å². The van der Waals surface area contributed by atoms with E-state index in [0.29, 0.717) is 38.5 Å². The van der Waals surface area contributed by atoms with E-state index in [1.165, 1.54) is 25.7 Å². The largest absolute Gasteiger partial charge is 0.472 e. The Morgan fingerprint density at radius 2 is 0.971 bits per heavy atom. The van der Waals surface area contributed by atoms with Gasteiger partial charge >= 0.3 is 27.6 Å². The molecule has 1 aliphatic carbocycles. The minimum Gasteiger partial charge on any atom is -0.462 e. The Balaban J connectivity index is 2.60. The molecule has 0 heterocycles. The van der Waals surface area contributed by atoms with Crippen LogP contribution in [-0.2, 0) is 41.8 Å².